The third-order valence-electron chi connectivity index (χ3n) is 1.19. The van der Waals surface area contributed by atoms with Crippen molar-refractivity contribution in [1.82, 2.24) is 5.32 Å². The maximum absolute atomic E-state index is 9.83. The Hall–Kier alpha value is -0.940. The molecule has 3 N–H and O–H groups in total. The lowest BCUT2D eigenvalue weighted by Crippen LogP contribution is -2.35. The second kappa shape index (κ2) is 5.82. The molecule has 1 amide bonds. The van der Waals surface area contributed by atoms with Crippen molar-refractivity contribution in [1.29, 1.82) is 0 Å². The first-order chi connectivity index (χ1) is 5.22. The molecule has 0 aliphatic carbocycles. The summed E-state index contributed by atoms with van der Waals surface area (Å²) < 4.78 is 0. The molecular weight excluding hydrogens is 150 g/mol. The lowest BCUT2D eigenvalue weighted by atomic mass is 10.1. The Morgan fingerprint density at radius 1 is 1.27 bits per heavy atom. The number of aldehydes is 1. The molecule has 0 aliphatic heterocycles. The van der Waals surface area contributed by atoms with Crippen molar-refractivity contribution in [3.8, 4) is 0 Å². The summed E-state index contributed by atoms with van der Waals surface area (Å²) in [5.74, 6) is 0. The highest BCUT2D eigenvalue weighted by Gasteiger charge is 2.14. The lowest BCUT2D eigenvalue weighted by Gasteiger charge is -2.13. The smallest absolute Gasteiger partial charge is 0.207 e. The van der Waals surface area contributed by atoms with Gasteiger partial charge in [-0.3, -0.25) is 4.79 Å². The van der Waals surface area contributed by atoms with Crippen molar-refractivity contribution in [2.45, 2.75) is 18.6 Å². The Labute approximate surface area is 64.0 Å². The van der Waals surface area contributed by atoms with Gasteiger partial charge < -0.3 is 20.3 Å². The fraction of sp³-hybridized carbons (Fsp3) is 0.667. The fourth-order valence-corrected chi connectivity index (χ4v) is 0.561. The summed E-state index contributed by atoms with van der Waals surface area (Å²) in [7, 11) is 0. The molecule has 2 unspecified atom stereocenters. The highest BCUT2D eigenvalue weighted by atomic mass is 16.3. The first-order valence-electron chi connectivity index (χ1n) is 3.19. The van der Waals surface area contributed by atoms with E-state index < -0.39 is 12.2 Å². The maximum atomic E-state index is 9.83. The van der Waals surface area contributed by atoms with Crippen LogP contribution in [0.4, 0.5) is 0 Å². The first-order valence-corrected chi connectivity index (χ1v) is 3.19. The van der Waals surface area contributed by atoms with Crippen molar-refractivity contribution in [3.05, 3.63) is 0 Å². The average Bonchev–Trinajstić information content (AvgIpc) is 2.00. The van der Waals surface area contributed by atoms with Crippen LogP contribution in [-0.4, -0.2) is 41.7 Å². The molecule has 0 spiro atoms. The Morgan fingerprint density at radius 3 is 2.36 bits per heavy atom. The Kier molecular flexibility index (Phi) is 5.32. The summed E-state index contributed by atoms with van der Waals surface area (Å²) >= 11 is 0. The van der Waals surface area contributed by atoms with Gasteiger partial charge in [0.15, 0.2) is 0 Å². The van der Waals surface area contributed by atoms with Gasteiger partial charge in [-0.25, -0.2) is 0 Å². The maximum Gasteiger partial charge on any atom is 0.207 e. The zero-order valence-electron chi connectivity index (χ0n) is 5.93. The summed E-state index contributed by atoms with van der Waals surface area (Å²) in [5.41, 5.74) is 0. The molecule has 0 aromatic heterocycles. The molecule has 0 heterocycles. The van der Waals surface area contributed by atoms with Crippen molar-refractivity contribution >= 4 is 12.7 Å². The van der Waals surface area contributed by atoms with Crippen LogP contribution in [0.2, 0.25) is 0 Å². The molecule has 0 aromatic rings. The second-order valence-electron chi connectivity index (χ2n) is 2.06. The lowest BCUT2D eigenvalue weighted by molar-refractivity contribution is -0.111. The normalized spacial score (nSPS) is 15.1. The molecule has 64 valence electrons. The predicted octanol–water partition coefficient (Wildman–Crippen LogP) is -1.96. The van der Waals surface area contributed by atoms with Gasteiger partial charge in [0, 0.05) is 13.0 Å². The van der Waals surface area contributed by atoms with Crippen LogP contribution in [0.5, 0.6) is 0 Å². The van der Waals surface area contributed by atoms with Gasteiger partial charge in [-0.15, -0.1) is 0 Å². The Bertz CT molecular complexity index is 128. The van der Waals surface area contributed by atoms with Crippen LogP contribution >= 0.6 is 0 Å². The third kappa shape index (κ3) is 4.46. The Balaban J connectivity index is 3.53. The van der Waals surface area contributed by atoms with Gasteiger partial charge in [-0.05, 0) is 0 Å². The van der Waals surface area contributed by atoms with E-state index in [1.165, 1.54) is 0 Å². The molecule has 0 saturated carbocycles. The van der Waals surface area contributed by atoms with Crippen LogP contribution in [0.3, 0.4) is 0 Å². The first kappa shape index (κ1) is 10.1. The number of carbonyl (C=O) groups is 2. The standard InChI is InChI=1S/C6H11NO4/c8-2-1-5(10)6(11)3-7-4-9/h2,4-6,10-11H,1,3H2,(H,7,9). The topological polar surface area (TPSA) is 86.6 Å². The summed E-state index contributed by atoms with van der Waals surface area (Å²) in [5, 5.41) is 20.0. The van der Waals surface area contributed by atoms with Crippen molar-refractivity contribution in [2.75, 3.05) is 6.54 Å². The number of aliphatic hydroxyl groups is 2. The largest absolute Gasteiger partial charge is 0.390 e. The SMILES string of the molecule is O=CCC(O)C(O)CNC=O. The van der Waals surface area contributed by atoms with Gasteiger partial charge in [0.1, 0.15) is 6.29 Å². The van der Waals surface area contributed by atoms with Gasteiger partial charge in [0.2, 0.25) is 6.41 Å². The van der Waals surface area contributed by atoms with E-state index in [0.717, 1.165) is 0 Å². The number of aliphatic hydroxyl groups excluding tert-OH is 2. The Morgan fingerprint density at radius 2 is 1.91 bits per heavy atom. The van der Waals surface area contributed by atoms with Crippen LogP contribution in [0.25, 0.3) is 0 Å². The molecule has 5 nitrogen and oxygen atoms in total. The number of carbonyl (C=O) groups excluding carboxylic acids is 2. The van der Waals surface area contributed by atoms with E-state index in [-0.39, 0.29) is 13.0 Å². The van der Waals surface area contributed by atoms with Crippen molar-refractivity contribution < 1.29 is 19.8 Å². The van der Waals surface area contributed by atoms with Crippen molar-refractivity contribution in [3.63, 3.8) is 0 Å². The van der Waals surface area contributed by atoms with Gasteiger partial charge >= 0.3 is 0 Å². The number of hydrogen-bond acceptors (Lipinski definition) is 4. The van der Waals surface area contributed by atoms with Gasteiger partial charge in [-0.1, -0.05) is 0 Å². The summed E-state index contributed by atoms with van der Waals surface area (Å²) in [6, 6.07) is 0. The molecule has 0 rings (SSSR count). The van der Waals surface area contributed by atoms with Gasteiger partial charge in [-0.2, -0.15) is 0 Å². The quantitative estimate of drug-likeness (QED) is 0.395. The van der Waals surface area contributed by atoms with E-state index in [2.05, 4.69) is 5.32 Å². The van der Waals surface area contributed by atoms with E-state index in [0.29, 0.717) is 12.7 Å². The van der Waals surface area contributed by atoms with E-state index >= 15 is 0 Å². The van der Waals surface area contributed by atoms with E-state index in [1.807, 2.05) is 0 Å². The van der Waals surface area contributed by atoms with E-state index in [4.69, 9.17) is 10.2 Å². The van der Waals surface area contributed by atoms with E-state index in [9.17, 15) is 9.59 Å². The highest BCUT2D eigenvalue weighted by Crippen LogP contribution is 1.94. The minimum atomic E-state index is -1.10. The highest BCUT2D eigenvalue weighted by molar-refractivity contribution is 5.50. The average molecular weight is 161 g/mol. The number of amides is 1. The molecule has 0 fully saturated rings. The summed E-state index contributed by atoms with van der Waals surface area (Å²) in [6.07, 6.45) is -1.38. The molecule has 0 aromatic carbocycles. The third-order valence-corrected chi connectivity index (χ3v) is 1.19. The monoisotopic (exact) mass is 161 g/mol. The molecule has 2 atom stereocenters. The van der Waals surface area contributed by atoms with E-state index in [1.54, 1.807) is 0 Å². The number of rotatable bonds is 6. The second-order valence-corrected chi connectivity index (χ2v) is 2.06. The minimum Gasteiger partial charge on any atom is -0.390 e. The van der Waals surface area contributed by atoms with Gasteiger partial charge in [0.05, 0.1) is 12.2 Å². The van der Waals surface area contributed by atoms with Crippen LogP contribution in [0.1, 0.15) is 6.42 Å². The predicted molar refractivity (Wildman–Crippen MR) is 36.8 cm³/mol. The zero-order chi connectivity index (χ0) is 8.69. The molecule has 0 saturated heterocycles. The van der Waals surface area contributed by atoms with Crippen LogP contribution < -0.4 is 5.32 Å². The fourth-order valence-electron chi connectivity index (χ4n) is 0.561. The molecule has 0 aliphatic rings. The molecule has 0 bridgehead atoms. The summed E-state index contributed by atoms with van der Waals surface area (Å²) in [4.78, 5) is 19.5. The number of nitrogens with one attached hydrogen (secondary N) is 1. The molecule has 11 heavy (non-hydrogen) atoms. The van der Waals surface area contributed by atoms with Crippen LogP contribution in [-0.2, 0) is 9.59 Å². The molecule has 5 heteroatoms. The van der Waals surface area contributed by atoms with Gasteiger partial charge in [0.25, 0.3) is 0 Å². The molecular formula is C6H11NO4. The number of hydrogen-bond donors (Lipinski definition) is 3. The van der Waals surface area contributed by atoms with Crippen LogP contribution in [0.15, 0.2) is 0 Å². The van der Waals surface area contributed by atoms with Crippen LogP contribution in [0, 0.1) is 0 Å². The minimum absolute atomic E-state index is 0.0431. The molecule has 0 radical (unpaired) electrons. The summed E-state index contributed by atoms with van der Waals surface area (Å²) in [6.45, 7) is -0.0431. The van der Waals surface area contributed by atoms with Crippen molar-refractivity contribution in [2.24, 2.45) is 0 Å². The zero-order valence-corrected chi connectivity index (χ0v) is 5.93.